The van der Waals surface area contributed by atoms with Crippen LogP contribution in [0.3, 0.4) is 0 Å². The zero-order chi connectivity index (χ0) is 22.2. The molecule has 5 heteroatoms. The van der Waals surface area contributed by atoms with Crippen LogP contribution in [0.4, 0.5) is 0 Å². The number of amides is 2. The van der Waals surface area contributed by atoms with Crippen LogP contribution in [0.15, 0.2) is 36.9 Å². The Kier molecular flexibility index (Phi) is 8.44. The molecule has 0 bridgehead atoms. The molecule has 0 aromatic heterocycles. The third-order valence-corrected chi connectivity index (χ3v) is 6.80. The summed E-state index contributed by atoms with van der Waals surface area (Å²) in [6, 6.07) is 7.31. The molecule has 3 rings (SSSR count). The van der Waals surface area contributed by atoms with Gasteiger partial charge < -0.3 is 10.2 Å². The van der Waals surface area contributed by atoms with Gasteiger partial charge in [0.25, 0.3) is 5.91 Å². The molecule has 1 aromatic rings. The number of piperidine rings is 1. The van der Waals surface area contributed by atoms with Crippen LogP contribution in [-0.2, 0) is 9.59 Å². The summed E-state index contributed by atoms with van der Waals surface area (Å²) in [5, 5.41) is 3.02. The number of allylic oxidation sites excluding steroid dienone is 1. The van der Waals surface area contributed by atoms with E-state index in [-0.39, 0.29) is 29.4 Å². The second kappa shape index (κ2) is 11.3. The minimum absolute atomic E-state index is 0.0392. The number of carbonyl (C=O) groups excluding carboxylic acids is 3. The molecule has 1 aromatic carbocycles. The van der Waals surface area contributed by atoms with E-state index in [2.05, 4.69) is 11.9 Å². The van der Waals surface area contributed by atoms with Gasteiger partial charge in [-0.1, -0.05) is 37.5 Å². The van der Waals surface area contributed by atoms with Crippen molar-refractivity contribution in [3.05, 3.63) is 48.0 Å². The standard InChI is InChI=1S/C26H36N2O3/c1-3-4-15-24(30)28-16-9-14-23(18-28)21-12-8-13-22(17-21)26(31)27-25(19(2)29)20-10-6-5-7-11-20/h3,8,12-13,17,20,23,25H,1,4-7,9-11,14-16,18H2,2H3,(H,27,31). The number of nitrogens with one attached hydrogen (secondary N) is 1. The molecule has 1 saturated heterocycles. The van der Waals surface area contributed by atoms with Crippen LogP contribution in [0, 0.1) is 5.92 Å². The summed E-state index contributed by atoms with van der Waals surface area (Å²) in [6.07, 6.45) is 10.4. The largest absolute Gasteiger partial charge is 0.342 e. The fraction of sp³-hybridized carbons (Fsp3) is 0.577. The molecule has 5 nitrogen and oxygen atoms in total. The van der Waals surface area contributed by atoms with E-state index in [1.807, 2.05) is 29.2 Å². The predicted octanol–water partition coefficient (Wildman–Crippen LogP) is 4.63. The molecule has 2 fully saturated rings. The third-order valence-electron chi connectivity index (χ3n) is 6.80. The van der Waals surface area contributed by atoms with Gasteiger partial charge in [-0.2, -0.15) is 0 Å². The highest BCUT2D eigenvalue weighted by Crippen LogP contribution is 2.29. The molecule has 1 aliphatic carbocycles. The molecule has 1 aliphatic heterocycles. The number of nitrogens with zero attached hydrogens (tertiary/aromatic N) is 1. The number of ketones is 1. The molecule has 1 saturated carbocycles. The highest BCUT2D eigenvalue weighted by atomic mass is 16.2. The van der Waals surface area contributed by atoms with Gasteiger partial charge in [-0.15, -0.1) is 6.58 Å². The maximum absolute atomic E-state index is 13.0. The Morgan fingerprint density at radius 3 is 2.65 bits per heavy atom. The van der Waals surface area contributed by atoms with Gasteiger partial charge in [-0.25, -0.2) is 0 Å². The Morgan fingerprint density at radius 1 is 1.16 bits per heavy atom. The molecule has 0 radical (unpaired) electrons. The van der Waals surface area contributed by atoms with E-state index >= 15 is 0 Å². The van der Waals surface area contributed by atoms with Crippen molar-refractivity contribution in [1.82, 2.24) is 10.2 Å². The summed E-state index contributed by atoms with van der Waals surface area (Å²) in [6.45, 7) is 6.77. The molecular formula is C26H36N2O3. The summed E-state index contributed by atoms with van der Waals surface area (Å²) in [4.78, 5) is 39.6. The van der Waals surface area contributed by atoms with Crippen molar-refractivity contribution in [1.29, 1.82) is 0 Å². The number of likely N-dealkylation sites (tertiary alicyclic amines) is 1. The highest BCUT2D eigenvalue weighted by Gasteiger charge is 2.29. The van der Waals surface area contributed by atoms with E-state index in [4.69, 9.17) is 0 Å². The van der Waals surface area contributed by atoms with Crippen LogP contribution < -0.4 is 5.32 Å². The number of benzene rings is 1. The number of hydrogen-bond acceptors (Lipinski definition) is 3. The summed E-state index contributed by atoms with van der Waals surface area (Å²) in [5.74, 6) is 0.512. The minimum Gasteiger partial charge on any atom is -0.342 e. The second-order valence-corrected chi connectivity index (χ2v) is 9.09. The van der Waals surface area contributed by atoms with Crippen LogP contribution in [0.1, 0.15) is 86.6 Å². The molecule has 2 unspecified atom stereocenters. The molecule has 168 valence electrons. The minimum atomic E-state index is -0.399. The molecule has 2 atom stereocenters. The van der Waals surface area contributed by atoms with Crippen molar-refractivity contribution in [2.75, 3.05) is 13.1 Å². The van der Waals surface area contributed by atoms with Crippen LogP contribution in [0.25, 0.3) is 0 Å². The van der Waals surface area contributed by atoms with Crippen molar-refractivity contribution in [2.45, 2.75) is 76.7 Å². The van der Waals surface area contributed by atoms with Crippen molar-refractivity contribution in [3.8, 4) is 0 Å². The Bertz CT molecular complexity index is 798. The lowest BCUT2D eigenvalue weighted by Gasteiger charge is -2.33. The smallest absolute Gasteiger partial charge is 0.251 e. The van der Waals surface area contributed by atoms with Gasteiger partial charge in [-0.05, 0) is 62.6 Å². The quantitative estimate of drug-likeness (QED) is 0.619. The van der Waals surface area contributed by atoms with Crippen LogP contribution in [-0.4, -0.2) is 41.6 Å². The molecule has 31 heavy (non-hydrogen) atoms. The predicted molar refractivity (Wildman–Crippen MR) is 123 cm³/mol. The monoisotopic (exact) mass is 424 g/mol. The average molecular weight is 425 g/mol. The lowest BCUT2D eigenvalue weighted by Crippen LogP contribution is -2.45. The maximum Gasteiger partial charge on any atom is 0.251 e. The first-order valence-corrected chi connectivity index (χ1v) is 11.8. The SMILES string of the molecule is C=CCCC(=O)N1CCCC(c2cccc(C(=O)NC(C(C)=O)C3CCCCC3)c2)C1. The van der Waals surface area contributed by atoms with Crippen LogP contribution >= 0.6 is 0 Å². The van der Waals surface area contributed by atoms with Gasteiger partial charge in [0.1, 0.15) is 0 Å². The van der Waals surface area contributed by atoms with E-state index in [9.17, 15) is 14.4 Å². The van der Waals surface area contributed by atoms with Gasteiger partial charge in [0.05, 0.1) is 6.04 Å². The van der Waals surface area contributed by atoms with E-state index in [0.717, 1.165) is 50.6 Å². The summed E-state index contributed by atoms with van der Waals surface area (Å²) < 4.78 is 0. The Hall–Kier alpha value is -2.43. The second-order valence-electron chi connectivity index (χ2n) is 9.09. The van der Waals surface area contributed by atoms with E-state index < -0.39 is 6.04 Å². The molecule has 0 spiro atoms. The van der Waals surface area contributed by atoms with Crippen molar-refractivity contribution in [2.24, 2.45) is 5.92 Å². The maximum atomic E-state index is 13.0. The van der Waals surface area contributed by atoms with Gasteiger partial charge >= 0.3 is 0 Å². The van der Waals surface area contributed by atoms with E-state index in [1.54, 1.807) is 13.0 Å². The third kappa shape index (κ3) is 6.28. The first-order chi connectivity index (χ1) is 15.0. The first kappa shape index (κ1) is 23.2. The number of carbonyl (C=O) groups is 3. The molecule has 1 heterocycles. The van der Waals surface area contributed by atoms with Crippen molar-refractivity contribution < 1.29 is 14.4 Å². The zero-order valence-corrected chi connectivity index (χ0v) is 18.8. The normalized spacial score (nSPS) is 20.7. The van der Waals surface area contributed by atoms with Crippen LogP contribution in [0.2, 0.25) is 0 Å². The molecule has 2 amide bonds. The first-order valence-electron chi connectivity index (χ1n) is 11.8. The Balaban J connectivity index is 1.67. The van der Waals surface area contributed by atoms with E-state index in [0.29, 0.717) is 24.9 Å². The number of hydrogen-bond donors (Lipinski definition) is 1. The zero-order valence-electron chi connectivity index (χ0n) is 18.8. The van der Waals surface area contributed by atoms with E-state index in [1.165, 1.54) is 6.42 Å². The summed E-state index contributed by atoms with van der Waals surface area (Å²) in [5.41, 5.74) is 1.68. The lowest BCUT2D eigenvalue weighted by molar-refractivity contribution is -0.132. The Labute approximate surface area is 186 Å². The average Bonchev–Trinajstić information content (AvgIpc) is 2.81. The Morgan fingerprint density at radius 2 is 1.94 bits per heavy atom. The molecule has 1 N–H and O–H groups in total. The van der Waals surface area contributed by atoms with Gasteiger partial charge in [0.15, 0.2) is 5.78 Å². The van der Waals surface area contributed by atoms with Gasteiger partial charge in [-0.3, -0.25) is 14.4 Å². The van der Waals surface area contributed by atoms with Gasteiger partial charge in [0, 0.05) is 31.0 Å². The summed E-state index contributed by atoms with van der Waals surface area (Å²) in [7, 11) is 0. The molecule has 2 aliphatic rings. The van der Waals surface area contributed by atoms with Crippen molar-refractivity contribution >= 4 is 17.6 Å². The molecular weight excluding hydrogens is 388 g/mol. The van der Waals surface area contributed by atoms with Gasteiger partial charge in [0.2, 0.25) is 5.91 Å². The van der Waals surface area contributed by atoms with Crippen molar-refractivity contribution in [3.63, 3.8) is 0 Å². The number of Topliss-reactive ketones (excluding diaryl/α,β-unsaturated/α-hetero) is 1. The fourth-order valence-corrected chi connectivity index (χ4v) is 5.04. The topological polar surface area (TPSA) is 66.5 Å². The number of rotatable bonds is 8. The summed E-state index contributed by atoms with van der Waals surface area (Å²) >= 11 is 0. The lowest BCUT2D eigenvalue weighted by atomic mass is 9.82. The van der Waals surface area contributed by atoms with Crippen LogP contribution in [0.5, 0.6) is 0 Å². The highest BCUT2D eigenvalue weighted by molar-refractivity contribution is 5.97. The fourth-order valence-electron chi connectivity index (χ4n) is 5.04.